The van der Waals surface area contributed by atoms with E-state index in [1.165, 1.54) is 0 Å². The van der Waals surface area contributed by atoms with E-state index in [0.717, 1.165) is 64.2 Å². The average Bonchev–Trinajstić information content (AvgIpc) is 2.92. The first-order valence-corrected chi connectivity index (χ1v) is 10.00. The molecular formula is C21H34O4. The maximum atomic E-state index is 12.1. The number of ketones is 2. The van der Waals surface area contributed by atoms with Gasteiger partial charge in [-0.25, -0.2) is 0 Å². The third-order valence-electron chi connectivity index (χ3n) is 5.12. The molecule has 0 aromatic rings. The van der Waals surface area contributed by atoms with Crippen LogP contribution in [0.25, 0.3) is 0 Å². The number of aliphatic carboxylic acids is 1. The number of hydrogen-bond donors (Lipinski definition) is 1. The summed E-state index contributed by atoms with van der Waals surface area (Å²) in [5.74, 6) is 0.118. The van der Waals surface area contributed by atoms with Gasteiger partial charge in [0.15, 0.2) is 5.78 Å². The number of unbranched alkanes of at least 4 members (excludes halogenated alkanes) is 6. The van der Waals surface area contributed by atoms with Crippen LogP contribution in [0.4, 0.5) is 0 Å². The zero-order valence-corrected chi connectivity index (χ0v) is 15.7. The molecule has 1 aliphatic rings. The monoisotopic (exact) mass is 350 g/mol. The van der Waals surface area contributed by atoms with Crippen molar-refractivity contribution in [2.75, 3.05) is 0 Å². The summed E-state index contributed by atoms with van der Waals surface area (Å²) >= 11 is 0. The lowest BCUT2D eigenvalue weighted by molar-refractivity contribution is -0.137. The fourth-order valence-electron chi connectivity index (χ4n) is 3.57. The van der Waals surface area contributed by atoms with Gasteiger partial charge in [-0.05, 0) is 37.7 Å². The molecule has 2 atom stereocenters. The molecule has 4 heteroatoms. The Balaban J connectivity index is 2.25. The maximum Gasteiger partial charge on any atom is 0.303 e. The van der Waals surface area contributed by atoms with E-state index in [1.807, 2.05) is 6.08 Å². The molecule has 0 aliphatic heterocycles. The van der Waals surface area contributed by atoms with Crippen LogP contribution in [0.1, 0.15) is 90.4 Å². The maximum absolute atomic E-state index is 12.1. The predicted molar refractivity (Wildman–Crippen MR) is 99.5 cm³/mol. The minimum atomic E-state index is -0.726. The Bertz CT molecular complexity index is 453. The minimum absolute atomic E-state index is 0.0821. The zero-order chi connectivity index (χ0) is 18.5. The van der Waals surface area contributed by atoms with E-state index < -0.39 is 5.97 Å². The van der Waals surface area contributed by atoms with E-state index in [-0.39, 0.29) is 24.0 Å². The standard InChI is InChI=1S/C21H34O4/c1-2-3-7-10-18(22)15-13-17-14-16-20(23)19(17)11-8-5-4-6-9-12-21(24)25/h13,15,17,19H,2-12,14,16H2,1H3,(H,24,25). The first-order chi connectivity index (χ1) is 12.0. The Kier molecular flexibility index (Phi) is 11.1. The highest BCUT2D eigenvalue weighted by Crippen LogP contribution is 2.33. The fraction of sp³-hybridized carbons (Fsp3) is 0.762. The van der Waals surface area contributed by atoms with Crippen LogP contribution in [-0.4, -0.2) is 22.6 Å². The molecule has 25 heavy (non-hydrogen) atoms. The molecule has 0 bridgehead atoms. The molecular weight excluding hydrogens is 316 g/mol. The van der Waals surface area contributed by atoms with Gasteiger partial charge in [0.25, 0.3) is 0 Å². The normalized spacial score (nSPS) is 20.4. The lowest BCUT2D eigenvalue weighted by Crippen LogP contribution is -2.13. The summed E-state index contributed by atoms with van der Waals surface area (Å²) < 4.78 is 0. The van der Waals surface area contributed by atoms with E-state index in [2.05, 4.69) is 6.92 Å². The molecule has 0 radical (unpaired) electrons. The second-order valence-corrected chi connectivity index (χ2v) is 7.26. The number of rotatable bonds is 14. The number of carboxylic acids is 1. The van der Waals surface area contributed by atoms with Crippen molar-refractivity contribution >= 4 is 17.5 Å². The number of carbonyl (C=O) groups excluding carboxylic acids is 2. The van der Waals surface area contributed by atoms with Crippen LogP contribution < -0.4 is 0 Å². The molecule has 4 nitrogen and oxygen atoms in total. The lowest BCUT2D eigenvalue weighted by Gasteiger charge is -2.14. The van der Waals surface area contributed by atoms with Crippen molar-refractivity contribution in [1.29, 1.82) is 0 Å². The van der Waals surface area contributed by atoms with Gasteiger partial charge in [-0.2, -0.15) is 0 Å². The highest BCUT2D eigenvalue weighted by molar-refractivity contribution is 5.90. The van der Waals surface area contributed by atoms with Gasteiger partial charge in [-0.15, -0.1) is 0 Å². The van der Waals surface area contributed by atoms with Gasteiger partial charge in [0, 0.05) is 25.2 Å². The van der Waals surface area contributed by atoms with Crippen molar-refractivity contribution in [2.45, 2.75) is 90.4 Å². The van der Waals surface area contributed by atoms with Crippen LogP contribution in [0.2, 0.25) is 0 Å². The molecule has 1 fully saturated rings. The summed E-state index contributed by atoms with van der Waals surface area (Å²) in [5.41, 5.74) is 0. The van der Waals surface area contributed by atoms with Crippen LogP contribution in [0.3, 0.4) is 0 Å². The summed E-state index contributed by atoms with van der Waals surface area (Å²) in [6, 6.07) is 0. The van der Waals surface area contributed by atoms with Crippen LogP contribution in [0.5, 0.6) is 0 Å². The Hall–Kier alpha value is -1.45. The zero-order valence-electron chi connectivity index (χ0n) is 15.7. The Morgan fingerprint density at radius 3 is 2.44 bits per heavy atom. The molecule has 0 heterocycles. The van der Waals surface area contributed by atoms with Crippen molar-refractivity contribution in [3.63, 3.8) is 0 Å². The van der Waals surface area contributed by atoms with Crippen molar-refractivity contribution in [2.24, 2.45) is 11.8 Å². The third-order valence-corrected chi connectivity index (χ3v) is 5.12. The van der Waals surface area contributed by atoms with E-state index in [4.69, 9.17) is 5.11 Å². The quantitative estimate of drug-likeness (QED) is 0.349. The first kappa shape index (κ1) is 21.6. The summed E-state index contributed by atoms with van der Waals surface area (Å²) in [6.07, 6.45) is 14.9. The minimum Gasteiger partial charge on any atom is -0.481 e. The Labute approximate surface area is 152 Å². The fourth-order valence-corrected chi connectivity index (χ4v) is 3.57. The molecule has 0 spiro atoms. The number of hydrogen-bond acceptors (Lipinski definition) is 3. The lowest BCUT2D eigenvalue weighted by atomic mass is 9.89. The van der Waals surface area contributed by atoms with Gasteiger partial charge in [0.2, 0.25) is 0 Å². The van der Waals surface area contributed by atoms with Gasteiger partial charge in [-0.1, -0.05) is 51.5 Å². The molecule has 0 aromatic carbocycles. The molecule has 1 saturated carbocycles. The van der Waals surface area contributed by atoms with Crippen molar-refractivity contribution in [3.05, 3.63) is 12.2 Å². The number of carboxylic acid groups (broad SMARTS) is 1. The smallest absolute Gasteiger partial charge is 0.303 e. The molecule has 1 N–H and O–H groups in total. The van der Waals surface area contributed by atoms with Crippen LogP contribution in [-0.2, 0) is 14.4 Å². The summed E-state index contributed by atoms with van der Waals surface area (Å²) in [7, 11) is 0. The van der Waals surface area contributed by atoms with Gasteiger partial charge in [0.05, 0.1) is 0 Å². The van der Waals surface area contributed by atoms with Crippen molar-refractivity contribution < 1.29 is 19.5 Å². The van der Waals surface area contributed by atoms with E-state index in [0.29, 0.717) is 18.6 Å². The topological polar surface area (TPSA) is 71.4 Å². The number of carbonyl (C=O) groups is 3. The SMILES string of the molecule is CCCCCC(=O)C=CC1CCC(=O)C1CCCCCCCC(=O)O. The van der Waals surface area contributed by atoms with Gasteiger partial charge in [0.1, 0.15) is 5.78 Å². The average molecular weight is 350 g/mol. The largest absolute Gasteiger partial charge is 0.481 e. The van der Waals surface area contributed by atoms with E-state index in [9.17, 15) is 14.4 Å². The number of allylic oxidation sites excluding steroid dienone is 2. The molecule has 2 unspecified atom stereocenters. The van der Waals surface area contributed by atoms with Crippen LogP contribution >= 0.6 is 0 Å². The van der Waals surface area contributed by atoms with Crippen molar-refractivity contribution in [3.8, 4) is 0 Å². The highest BCUT2D eigenvalue weighted by Gasteiger charge is 2.32. The van der Waals surface area contributed by atoms with Gasteiger partial charge in [-0.3, -0.25) is 14.4 Å². The van der Waals surface area contributed by atoms with Crippen molar-refractivity contribution in [1.82, 2.24) is 0 Å². The molecule has 0 saturated heterocycles. The van der Waals surface area contributed by atoms with Crippen LogP contribution in [0.15, 0.2) is 12.2 Å². The Morgan fingerprint density at radius 2 is 1.72 bits per heavy atom. The molecule has 0 aromatic heterocycles. The molecule has 0 amide bonds. The number of Topliss-reactive ketones (excluding diaryl/α,β-unsaturated/α-hetero) is 1. The molecule has 1 aliphatic carbocycles. The van der Waals surface area contributed by atoms with Crippen LogP contribution in [0, 0.1) is 11.8 Å². The predicted octanol–water partition coefficient (Wildman–Crippen LogP) is 5.10. The molecule has 1 rings (SSSR count). The third kappa shape index (κ3) is 9.57. The van der Waals surface area contributed by atoms with E-state index >= 15 is 0 Å². The first-order valence-electron chi connectivity index (χ1n) is 10.00. The summed E-state index contributed by atoms with van der Waals surface area (Å²) in [6.45, 7) is 2.13. The second kappa shape index (κ2) is 12.8. The van der Waals surface area contributed by atoms with E-state index in [1.54, 1.807) is 6.08 Å². The Morgan fingerprint density at radius 1 is 1.04 bits per heavy atom. The van der Waals surface area contributed by atoms with Gasteiger partial charge >= 0.3 is 5.97 Å². The summed E-state index contributed by atoms with van der Waals surface area (Å²) in [5, 5.41) is 8.60. The summed E-state index contributed by atoms with van der Waals surface area (Å²) in [4.78, 5) is 34.4. The second-order valence-electron chi connectivity index (χ2n) is 7.26. The van der Waals surface area contributed by atoms with Gasteiger partial charge < -0.3 is 5.11 Å². The highest BCUT2D eigenvalue weighted by atomic mass is 16.4. The molecule has 142 valence electrons.